The van der Waals surface area contributed by atoms with Crippen LogP contribution in [0.2, 0.25) is 0 Å². The Morgan fingerprint density at radius 2 is 1.75 bits per heavy atom. The molecule has 1 aliphatic carbocycles. The van der Waals surface area contributed by atoms with Gasteiger partial charge in [-0.15, -0.1) is 0 Å². The van der Waals surface area contributed by atoms with E-state index in [0.29, 0.717) is 24.5 Å². The Labute approximate surface area is 213 Å². The molecule has 1 saturated heterocycles. The highest BCUT2D eigenvalue weighted by Crippen LogP contribution is 2.33. The SMILES string of the molecule is COC[C@@H](C)N[C@H]1CC[C@H](Nc2cc(-c3cc(NCC4(C)CCOCC4)ccc3F)c(F)cn2)CC1. The van der Waals surface area contributed by atoms with Gasteiger partial charge in [-0.05, 0) is 75.1 Å². The number of benzene rings is 1. The molecular weight excluding hydrogens is 462 g/mol. The molecule has 1 aromatic heterocycles. The zero-order valence-corrected chi connectivity index (χ0v) is 21.7. The van der Waals surface area contributed by atoms with E-state index in [1.807, 2.05) is 0 Å². The molecule has 2 aromatic rings. The highest BCUT2D eigenvalue weighted by atomic mass is 19.1. The smallest absolute Gasteiger partial charge is 0.149 e. The molecule has 0 bridgehead atoms. The van der Waals surface area contributed by atoms with E-state index in [4.69, 9.17) is 9.47 Å². The molecule has 36 heavy (non-hydrogen) atoms. The van der Waals surface area contributed by atoms with Gasteiger partial charge in [0.05, 0.1) is 12.8 Å². The summed E-state index contributed by atoms with van der Waals surface area (Å²) in [6.07, 6.45) is 7.21. The van der Waals surface area contributed by atoms with Gasteiger partial charge in [0.2, 0.25) is 0 Å². The number of hydrogen-bond acceptors (Lipinski definition) is 6. The van der Waals surface area contributed by atoms with E-state index >= 15 is 0 Å². The van der Waals surface area contributed by atoms with Crippen molar-refractivity contribution < 1.29 is 18.3 Å². The van der Waals surface area contributed by atoms with Crippen molar-refractivity contribution in [2.75, 3.05) is 44.1 Å². The summed E-state index contributed by atoms with van der Waals surface area (Å²) < 4.78 is 40.3. The largest absolute Gasteiger partial charge is 0.384 e. The summed E-state index contributed by atoms with van der Waals surface area (Å²) in [5, 5.41) is 10.5. The number of halogens is 2. The molecule has 2 aliphatic rings. The first-order valence-corrected chi connectivity index (χ1v) is 13.1. The maximum absolute atomic E-state index is 14.8. The number of methoxy groups -OCH3 is 1. The lowest BCUT2D eigenvalue weighted by atomic mass is 9.82. The standard InChI is InChI=1S/C28H40F2N4O2/c1-19(17-35-3)33-20-4-6-21(7-5-20)34-27-15-24(26(30)16-31-27)23-14-22(8-9-25(23)29)32-18-28(2)10-12-36-13-11-28/h8-9,14-16,19-21,32-33H,4-7,10-13,17-18H2,1-3H3,(H,31,34)/t19-,20-,21-/m1/s1. The van der Waals surface area contributed by atoms with Crippen LogP contribution in [0.3, 0.4) is 0 Å². The molecule has 4 rings (SSSR count). The van der Waals surface area contributed by atoms with Crippen LogP contribution in [0.15, 0.2) is 30.5 Å². The zero-order valence-electron chi connectivity index (χ0n) is 21.7. The Kier molecular flexibility index (Phi) is 9.14. The van der Waals surface area contributed by atoms with Gasteiger partial charge in [0.15, 0.2) is 0 Å². The van der Waals surface area contributed by atoms with Crippen molar-refractivity contribution in [3.63, 3.8) is 0 Å². The van der Waals surface area contributed by atoms with Crippen molar-refractivity contribution in [3.05, 3.63) is 42.1 Å². The molecule has 0 amide bonds. The van der Waals surface area contributed by atoms with Crippen molar-refractivity contribution in [2.24, 2.45) is 5.41 Å². The van der Waals surface area contributed by atoms with Crippen molar-refractivity contribution in [3.8, 4) is 11.1 Å². The predicted molar refractivity (Wildman–Crippen MR) is 140 cm³/mol. The van der Waals surface area contributed by atoms with Crippen LogP contribution >= 0.6 is 0 Å². The Hall–Kier alpha value is -2.29. The number of hydrogen-bond donors (Lipinski definition) is 3. The topological polar surface area (TPSA) is 67.4 Å². The minimum Gasteiger partial charge on any atom is -0.384 e. The average molecular weight is 503 g/mol. The van der Waals surface area contributed by atoms with Gasteiger partial charge in [-0.2, -0.15) is 0 Å². The number of aromatic nitrogens is 1. The van der Waals surface area contributed by atoms with Gasteiger partial charge in [0.1, 0.15) is 17.5 Å². The van der Waals surface area contributed by atoms with Crippen LogP contribution < -0.4 is 16.0 Å². The predicted octanol–water partition coefficient (Wildman–Crippen LogP) is 5.60. The van der Waals surface area contributed by atoms with Crippen LogP contribution in [0.5, 0.6) is 0 Å². The molecule has 3 N–H and O–H groups in total. The van der Waals surface area contributed by atoms with Crippen molar-refractivity contribution in [1.29, 1.82) is 0 Å². The number of nitrogens with one attached hydrogen (secondary N) is 3. The van der Waals surface area contributed by atoms with E-state index in [9.17, 15) is 8.78 Å². The Bertz CT molecular complexity index is 992. The third kappa shape index (κ3) is 7.14. The summed E-state index contributed by atoms with van der Waals surface area (Å²) in [5.41, 5.74) is 1.36. The first-order valence-electron chi connectivity index (χ1n) is 13.1. The van der Waals surface area contributed by atoms with Gasteiger partial charge in [0.25, 0.3) is 0 Å². The fourth-order valence-electron chi connectivity index (χ4n) is 5.24. The molecule has 1 aliphatic heterocycles. The Balaban J connectivity index is 1.40. The second kappa shape index (κ2) is 12.3. The number of rotatable bonds is 10. The molecule has 2 fully saturated rings. The third-order valence-electron chi connectivity index (χ3n) is 7.55. The van der Waals surface area contributed by atoms with Crippen molar-refractivity contribution in [2.45, 2.75) is 70.5 Å². The minimum absolute atomic E-state index is 0.127. The molecule has 2 heterocycles. The minimum atomic E-state index is -0.534. The fraction of sp³-hybridized carbons (Fsp3) is 0.607. The maximum atomic E-state index is 14.8. The lowest BCUT2D eigenvalue weighted by Crippen LogP contribution is -2.42. The van der Waals surface area contributed by atoms with E-state index in [1.165, 1.54) is 12.3 Å². The first-order chi connectivity index (χ1) is 17.3. The average Bonchev–Trinajstić information content (AvgIpc) is 2.87. The summed E-state index contributed by atoms with van der Waals surface area (Å²) in [7, 11) is 1.72. The molecule has 0 radical (unpaired) electrons. The van der Waals surface area contributed by atoms with Crippen LogP contribution in [-0.2, 0) is 9.47 Å². The molecule has 0 spiro atoms. The van der Waals surface area contributed by atoms with Gasteiger partial charge in [0, 0.05) is 61.8 Å². The first kappa shape index (κ1) is 26.8. The number of anilines is 2. The number of nitrogens with zero attached hydrogens (tertiary/aromatic N) is 1. The quantitative estimate of drug-likeness (QED) is 0.393. The lowest BCUT2D eigenvalue weighted by molar-refractivity contribution is 0.0300. The molecule has 1 saturated carbocycles. The molecule has 8 heteroatoms. The molecule has 0 unspecified atom stereocenters. The summed E-state index contributed by atoms with van der Waals surface area (Å²) in [6.45, 7) is 7.34. The maximum Gasteiger partial charge on any atom is 0.149 e. The number of pyridine rings is 1. The summed E-state index contributed by atoms with van der Waals surface area (Å²) >= 11 is 0. The van der Waals surface area contributed by atoms with E-state index < -0.39 is 11.6 Å². The highest BCUT2D eigenvalue weighted by Gasteiger charge is 2.27. The van der Waals surface area contributed by atoms with Crippen molar-refractivity contribution in [1.82, 2.24) is 10.3 Å². The van der Waals surface area contributed by atoms with Gasteiger partial charge in [-0.3, -0.25) is 0 Å². The monoisotopic (exact) mass is 502 g/mol. The summed E-state index contributed by atoms with van der Waals surface area (Å²) in [4.78, 5) is 4.24. The van der Waals surface area contributed by atoms with Crippen LogP contribution in [0, 0.1) is 17.0 Å². The van der Waals surface area contributed by atoms with Crippen LogP contribution in [0.1, 0.15) is 52.4 Å². The van der Waals surface area contributed by atoms with Gasteiger partial charge in [-0.25, -0.2) is 13.8 Å². The molecule has 6 nitrogen and oxygen atoms in total. The molecule has 1 aromatic carbocycles. The van der Waals surface area contributed by atoms with Crippen LogP contribution in [0.4, 0.5) is 20.3 Å². The van der Waals surface area contributed by atoms with Gasteiger partial charge in [-0.1, -0.05) is 6.92 Å². The second-order valence-corrected chi connectivity index (χ2v) is 10.7. The van der Waals surface area contributed by atoms with Crippen LogP contribution in [-0.4, -0.2) is 56.6 Å². The zero-order chi connectivity index (χ0) is 25.5. The molecule has 1 atom stereocenters. The van der Waals surface area contributed by atoms with Crippen molar-refractivity contribution >= 4 is 11.5 Å². The number of ether oxygens (including phenoxy) is 2. The Morgan fingerprint density at radius 3 is 2.47 bits per heavy atom. The van der Waals surface area contributed by atoms with Crippen LogP contribution in [0.25, 0.3) is 11.1 Å². The third-order valence-corrected chi connectivity index (χ3v) is 7.55. The molecule has 198 valence electrons. The normalized spacial score (nSPS) is 22.7. The summed E-state index contributed by atoms with van der Waals surface area (Å²) in [6, 6.07) is 7.48. The Morgan fingerprint density at radius 1 is 1.06 bits per heavy atom. The second-order valence-electron chi connectivity index (χ2n) is 10.7. The highest BCUT2D eigenvalue weighted by molar-refractivity contribution is 5.71. The van der Waals surface area contributed by atoms with E-state index in [2.05, 4.69) is 34.8 Å². The van der Waals surface area contributed by atoms with Gasteiger partial charge >= 0.3 is 0 Å². The van der Waals surface area contributed by atoms with E-state index in [0.717, 1.165) is 64.0 Å². The molecular formula is C28H40F2N4O2. The lowest BCUT2D eigenvalue weighted by Gasteiger charge is -2.34. The van der Waals surface area contributed by atoms with E-state index in [-0.39, 0.29) is 22.6 Å². The van der Waals surface area contributed by atoms with E-state index in [1.54, 1.807) is 25.3 Å². The fourth-order valence-corrected chi connectivity index (χ4v) is 5.24. The van der Waals surface area contributed by atoms with Gasteiger partial charge < -0.3 is 25.4 Å². The summed E-state index contributed by atoms with van der Waals surface area (Å²) in [5.74, 6) is -0.415.